The molecule has 94 valence electrons. The van der Waals surface area contributed by atoms with Gasteiger partial charge in [-0.25, -0.2) is 4.68 Å². The van der Waals surface area contributed by atoms with Gasteiger partial charge in [-0.3, -0.25) is 4.79 Å². The van der Waals surface area contributed by atoms with Crippen LogP contribution >= 0.6 is 0 Å². The molecule has 0 bridgehead atoms. The normalized spacial score (nSPS) is 11.5. The maximum Gasteiger partial charge on any atom is 0.416 e. The Morgan fingerprint density at radius 2 is 2.00 bits per heavy atom. The summed E-state index contributed by atoms with van der Waals surface area (Å²) in [5, 5.41) is 7.06. The van der Waals surface area contributed by atoms with Gasteiger partial charge in [0.15, 0.2) is 6.29 Å². The summed E-state index contributed by atoms with van der Waals surface area (Å²) in [4.78, 5) is 10.4. The molecule has 0 aliphatic carbocycles. The molecule has 0 atom stereocenters. The quantitative estimate of drug-likeness (QED) is 0.789. The van der Waals surface area contributed by atoms with Crippen LogP contribution < -0.4 is 0 Å². The fourth-order valence-corrected chi connectivity index (χ4v) is 1.55. The lowest BCUT2D eigenvalue weighted by molar-refractivity contribution is -0.138. The molecule has 0 saturated carbocycles. The van der Waals surface area contributed by atoms with Gasteiger partial charge in [0.1, 0.15) is 5.69 Å². The molecule has 2 aromatic rings. The molecular formula is C11H8F3N3O. The van der Waals surface area contributed by atoms with Crippen molar-refractivity contribution in [2.45, 2.75) is 12.7 Å². The van der Waals surface area contributed by atoms with Gasteiger partial charge in [-0.05, 0) is 11.6 Å². The predicted octanol–water partition coefficient (Wildman–Crippen LogP) is 2.16. The molecule has 0 unspecified atom stereocenters. The first-order chi connectivity index (χ1) is 8.50. The van der Waals surface area contributed by atoms with Gasteiger partial charge in [-0.2, -0.15) is 13.2 Å². The van der Waals surface area contributed by atoms with Crippen molar-refractivity contribution in [2.24, 2.45) is 0 Å². The minimum Gasteiger partial charge on any atom is -0.296 e. The maximum absolute atomic E-state index is 12.7. The van der Waals surface area contributed by atoms with Crippen LogP contribution in [0, 0.1) is 0 Å². The molecule has 0 N–H and O–H groups in total. The number of halogens is 3. The van der Waals surface area contributed by atoms with Gasteiger partial charge in [0, 0.05) is 0 Å². The standard InChI is InChI=1S/C11H8F3N3O/c12-11(13,14)10-4-2-1-3-8(10)5-17-6-9(7-18)15-16-17/h1-4,6-7H,5H2. The number of hydrogen-bond acceptors (Lipinski definition) is 3. The molecule has 18 heavy (non-hydrogen) atoms. The van der Waals surface area contributed by atoms with Gasteiger partial charge < -0.3 is 0 Å². The first-order valence-corrected chi connectivity index (χ1v) is 5.01. The van der Waals surface area contributed by atoms with Crippen LogP contribution in [0.15, 0.2) is 30.5 Å². The lowest BCUT2D eigenvalue weighted by atomic mass is 10.1. The van der Waals surface area contributed by atoms with E-state index in [0.717, 1.165) is 6.07 Å². The molecule has 0 aliphatic rings. The Balaban J connectivity index is 2.31. The summed E-state index contributed by atoms with van der Waals surface area (Å²) in [5.74, 6) is 0. The molecule has 0 spiro atoms. The second-order valence-electron chi connectivity index (χ2n) is 3.61. The average Bonchev–Trinajstić information content (AvgIpc) is 2.76. The van der Waals surface area contributed by atoms with E-state index in [1.54, 1.807) is 0 Å². The van der Waals surface area contributed by atoms with E-state index in [-0.39, 0.29) is 17.8 Å². The lowest BCUT2D eigenvalue weighted by Gasteiger charge is -2.12. The van der Waals surface area contributed by atoms with E-state index in [9.17, 15) is 18.0 Å². The van der Waals surface area contributed by atoms with E-state index in [1.807, 2.05) is 0 Å². The van der Waals surface area contributed by atoms with Crippen LogP contribution in [0.1, 0.15) is 21.6 Å². The molecule has 2 rings (SSSR count). The first-order valence-electron chi connectivity index (χ1n) is 5.01. The largest absolute Gasteiger partial charge is 0.416 e. The molecule has 7 heteroatoms. The zero-order valence-electron chi connectivity index (χ0n) is 9.05. The zero-order chi connectivity index (χ0) is 13.2. The highest BCUT2D eigenvalue weighted by atomic mass is 19.4. The molecule has 0 radical (unpaired) electrons. The highest BCUT2D eigenvalue weighted by molar-refractivity contribution is 5.70. The topological polar surface area (TPSA) is 47.8 Å². The van der Waals surface area contributed by atoms with E-state index in [2.05, 4.69) is 10.3 Å². The number of aromatic nitrogens is 3. The Kier molecular flexibility index (Phi) is 3.14. The molecule has 0 amide bonds. The van der Waals surface area contributed by atoms with Gasteiger partial charge in [-0.15, -0.1) is 5.10 Å². The minimum atomic E-state index is -4.41. The van der Waals surface area contributed by atoms with Crippen LogP contribution in [0.25, 0.3) is 0 Å². The number of rotatable bonds is 3. The third-order valence-electron chi connectivity index (χ3n) is 2.33. The molecule has 0 fully saturated rings. The van der Waals surface area contributed by atoms with E-state index in [0.29, 0.717) is 6.29 Å². The number of benzene rings is 1. The van der Waals surface area contributed by atoms with Crippen molar-refractivity contribution in [3.05, 3.63) is 47.3 Å². The molecule has 0 saturated heterocycles. The molecule has 1 aromatic heterocycles. The number of carbonyl (C=O) groups is 1. The van der Waals surface area contributed by atoms with Gasteiger partial charge in [-0.1, -0.05) is 23.4 Å². The van der Waals surface area contributed by atoms with Crippen molar-refractivity contribution in [3.63, 3.8) is 0 Å². The van der Waals surface area contributed by atoms with Crippen molar-refractivity contribution in [3.8, 4) is 0 Å². The number of aldehydes is 1. The SMILES string of the molecule is O=Cc1cn(Cc2ccccc2C(F)(F)F)nn1. The monoisotopic (exact) mass is 255 g/mol. The Hall–Kier alpha value is -2.18. The smallest absolute Gasteiger partial charge is 0.296 e. The third-order valence-corrected chi connectivity index (χ3v) is 2.33. The number of carbonyl (C=O) groups excluding carboxylic acids is 1. The number of nitrogens with zero attached hydrogens (tertiary/aromatic N) is 3. The molecule has 4 nitrogen and oxygen atoms in total. The van der Waals surface area contributed by atoms with E-state index < -0.39 is 11.7 Å². The Bertz CT molecular complexity index is 563. The van der Waals surface area contributed by atoms with Crippen LogP contribution in [0.2, 0.25) is 0 Å². The predicted molar refractivity (Wildman–Crippen MR) is 56.0 cm³/mol. The highest BCUT2D eigenvalue weighted by Gasteiger charge is 2.32. The van der Waals surface area contributed by atoms with Crippen LogP contribution in [0.5, 0.6) is 0 Å². The van der Waals surface area contributed by atoms with Crippen molar-refractivity contribution in [1.29, 1.82) is 0 Å². The summed E-state index contributed by atoms with van der Waals surface area (Å²) >= 11 is 0. The summed E-state index contributed by atoms with van der Waals surface area (Å²) in [6.45, 7) is -0.0868. The Morgan fingerprint density at radius 3 is 2.61 bits per heavy atom. The summed E-state index contributed by atoms with van der Waals surface area (Å²) < 4.78 is 39.4. The summed E-state index contributed by atoms with van der Waals surface area (Å²) in [6, 6.07) is 5.21. The van der Waals surface area contributed by atoms with Crippen molar-refractivity contribution in [2.75, 3.05) is 0 Å². The van der Waals surface area contributed by atoms with E-state index >= 15 is 0 Å². The Morgan fingerprint density at radius 1 is 1.28 bits per heavy atom. The summed E-state index contributed by atoms with van der Waals surface area (Å²) in [5.41, 5.74) is -0.556. The molecular weight excluding hydrogens is 247 g/mol. The van der Waals surface area contributed by atoms with Crippen LogP contribution in [0.4, 0.5) is 13.2 Å². The fraction of sp³-hybridized carbons (Fsp3) is 0.182. The van der Waals surface area contributed by atoms with Gasteiger partial charge in [0.2, 0.25) is 0 Å². The Labute approximate surface area is 100 Å². The lowest BCUT2D eigenvalue weighted by Crippen LogP contribution is -2.11. The first kappa shape index (κ1) is 12.3. The third kappa shape index (κ3) is 2.55. The highest BCUT2D eigenvalue weighted by Crippen LogP contribution is 2.32. The summed E-state index contributed by atoms with van der Waals surface area (Å²) in [6.07, 6.45) is -2.63. The van der Waals surface area contributed by atoms with Crippen LogP contribution in [-0.2, 0) is 12.7 Å². The zero-order valence-corrected chi connectivity index (χ0v) is 9.05. The fourth-order valence-electron chi connectivity index (χ4n) is 1.55. The van der Waals surface area contributed by atoms with Gasteiger partial charge in [0.05, 0.1) is 18.3 Å². The molecule has 0 aliphatic heterocycles. The van der Waals surface area contributed by atoms with Gasteiger partial charge in [0.25, 0.3) is 0 Å². The van der Waals surface area contributed by atoms with Crippen molar-refractivity contribution in [1.82, 2.24) is 15.0 Å². The average molecular weight is 255 g/mol. The number of hydrogen-bond donors (Lipinski definition) is 0. The molecule has 1 aromatic carbocycles. The minimum absolute atomic E-state index is 0.0762. The second-order valence-corrected chi connectivity index (χ2v) is 3.61. The number of alkyl halides is 3. The summed E-state index contributed by atoms with van der Waals surface area (Å²) in [7, 11) is 0. The van der Waals surface area contributed by atoms with Crippen molar-refractivity contribution >= 4 is 6.29 Å². The van der Waals surface area contributed by atoms with E-state index in [4.69, 9.17) is 0 Å². The van der Waals surface area contributed by atoms with Crippen LogP contribution in [0.3, 0.4) is 0 Å². The maximum atomic E-state index is 12.7. The van der Waals surface area contributed by atoms with Crippen LogP contribution in [-0.4, -0.2) is 21.3 Å². The van der Waals surface area contributed by atoms with E-state index in [1.165, 1.54) is 29.1 Å². The second kappa shape index (κ2) is 4.59. The van der Waals surface area contributed by atoms with Crippen molar-refractivity contribution < 1.29 is 18.0 Å². The molecule has 1 heterocycles. The van der Waals surface area contributed by atoms with Gasteiger partial charge >= 0.3 is 6.18 Å².